The van der Waals surface area contributed by atoms with E-state index in [0.29, 0.717) is 12.1 Å². The SMILES string of the molecule is C[C@@H]1CCC[C@H](C)N1CCCCCN1C(=O)C(c2cccnc2)Cc2ccccc21. The molecule has 4 nitrogen and oxygen atoms in total. The number of piperidine rings is 1. The molecule has 1 aromatic heterocycles. The van der Waals surface area contributed by atoms with E-state index in [-0.39, 0.29) is 11.8 Å². The monoisotopic (exact) mass is 405 g/mol. The molecule has 3 atom stereocenters. The Morgan fingerprint density at radius 1 is 0.967 bits per heavy atom. The van der Waals surface area contributed by atoms with Gasteiger partial charge in [-0.05, 0) is 75.8 Å². The third kappa shape index (κ3) is 4.59. The van der Waals surface area contributed by atoms with Gasteiger partial charge in [0.25, 0.3) is 0 Å². The van der Waals surface area contributed by atoms with Crippen molar-refractivity contribution in [2.45, 2.75) is 76.8 Å². The average Bonchev–Trinajstić information content (AvgIpc) is 2.77. The van der Waals surface area contributed by atoms with Gasteiger partial charge in [0, 0.05) is 36.7 Å². The summed E-state index contributed by atoms with van der Waals surface area (Å²) >= 11 is 0. The van der Waals surface area contributed by atoms with Gasteiger partial charge < -0.3 is 4.90 Å². The molecule has 0 spiro atoms. The fourth-order valence-corrected chi connectivity index (χ4v) is 5.29. The summed E-state index contributed by atoms with van der Waals surface area (Å²) in [6.07, 6.45) is 11.8. The summed E-state index contributed by atoms with van der Waals surface area (Å²) in [6.45, 7) is 6.73. The van der Waals surface area contributed by atoms with Gasteiger partial charge in [-0.2, -0.15) is 0 Å². The third-order valence-electron chi connectivity index (χ3n) is 7.03. The summed E-state index contributed by atoms with van der Waals surface area (Å²) < 4.78 is 0. The van der Waals surface area contributed by atoms with Gasteiger partial charge in [-0.1, -0.05) is 37.1 Å². The van der Waals surface area contributed by atoms with Crippen LogP contribution in [0.25, 0.3) is 0 Å². The van der Waals surface area contributed by atoms with Crippen molar-refractivity contribution in [2.24, 2.45) is 0 Å². The minimum Gasteiger partial charge on any atom is -0.312 e. The predicted molar refractivity (Wildman–Crippen MR) is 123 cm³/mol. The fourth-order valence-electron chi connectivity index (χ4n) is 5.29. The first kappa shape index (κ1) is 21.0. The van der Waals surface area contributed by atoms with E-state index in [1.54, 1.807) is 6.20 Å². The smallest absolute Gasteiger partial charge is 0.234 e. The molecule has 1 aromatic carbocycles. The Balaban J connectivity index is 1.37. The number of hydrogen-bond acceptors (Lipinski definition) is 3. The number of fused-ring (bicyclic) bond motifs is 1. The van der Waals surface area contributed by atoms with Gasteiger partial charge >= 0.3 is 0 Å². The van der Waals surface area contributed by atoms with Gasteiger partial charge in [-0.15, -0.1) is 0 Å². The Bertz CT molecular complexity index is 827. The zero-order valence-electron chi connectivity index (χ0n) is 18.5. The molecular weight excluding hydrogens is 370 g/mol. The Hall–Kier alpha value is -2.20. The van der Waals surface area contributed by atoms with E-state index in [1.165, 1.54) is 44.2 Å². The highest BCUT2D eigenvalue weighted by molar-refractivity contribution is 6.01. The first-order chi connectivity index (χ1) is 14.6. The van der Waals surface area contributed by atoms with E-state index in [9.17, 15) is 4.79 Å². The first-order valence-corrected chi connectivity index (χ1v) is 11.7. The van der Waals surface area contributed by atoms with Crippen molar-refractivity contribution in [3.05, 3.63) is 59.9 Å². The lowest BCUT2D eigenvalue weighted by Gasteiger charge is -2.39. The number of anilines is 1. The van der Waals surface area contributed by atoms with Crippen LogP contribution in [0.4, 0.5) is 5.69 Å². The topological polar surface area (TPSA) is 36.4 Å². The highest BCUT2D eigenvalue weighted by Gasteiger charge is 2.33. The number of para-hydroxylation sites is 1. The summed E-state index contributed by atoms with van der Waals surface area (Å²) in [7, 11) is 0. The van der Waals surface area contributed by atoms with Crippen molar-refractivity contribution in [1.82, 2.24) is 9.88 Å². The van der Waals surface area contributed by atoms with E-state index in [0.717, 1.165) is 30.6 Å². The molecule has 1 amide bonds. The van der Waals surface area contributed by atoms with Crippen LogP contribution in [0, 0.1) is 0 Å². The molecule has 2 aliphatic rings. The normalized spacial score (nSPS) is 24.7. The van der Waals surface area contributed by atoms with Gasteiger partial charge in [0.15, 0.2) is 0 Å². The second kappa shape index (κ2) is 9.74. The van der Waals surface area contributed by atoms with E-state index in [2.05, 4.69) is 41.9 Å². The molecule has 0 saturated carbocycles. The molecule has 1 fully saturated rings. The number of benzene rings is 1. The van der Waals surface area contributed by atoms with E-state index in [4.69, 9.17) is 0 Å². The molecule has 2 aliphatic heterocycles. The molecule has 160 valence electrons. The van der Waals surface area contributed by atoms with E-state index in [1.807, 2.05) is 29.3 Å². The maximum Gasteiger partial charge on any atom is 0.234 e. The van der Waals surface area contributed by atoms with Crippen molar-refractivity contribution in [2.75, 3.05) is 18.0 Å². The Kier molecular flexibility index (Phi) is 6.83. The third-order valence-corrected chi connectivity index (χ3v) is 7.03. The van der Waals surface area contributed by atoms with Crippen LogP contribution in [0.5, 0.6) is 0 Å². The maximum atomic E-state index is 13.4. The minimum absolute atomic E-state index is 0.122. The summed E-state index contributed by atoms with van der Waals surface area (Å²) in [5, 5.41) is 0. The van der Waals surface area contributed by atoms with Crippen LogP contribution < -0.4 is 4.90 Å². The van der Waals surface area contributed by atoms with E-state index >= 15 is 0 Å². The lowest BCUT2D eigenvalue weighted by molar-refractivity contribution is -0.120. The highest BCUT2D eigenvalue weighted by Crippen LogP contribution is 2.35. The van der Waals surface area contributed by atoms with Crippen molar-refractivity contribution in [1.29, 1.82) is 0 Å². The largest absolute Gasteiger partial charge is 0.312 e. The zero-order chi connectivity index (χ0) is 20.9. The van der Waals surface area contributed by atoms with Crippen LogP contribution in [-0.4, -0.2) is 41.0 Å². The number of carbonyl (C=O) groups excluding carboxylic acids is 1. The van der Waals surface area contributed by atoms with Gasteiger partial charge in [-0.3, -0.25) is 14.7 Å². The van der Waals surface area contributed by atoms with Crippen LogP contribution in [0.15, 0.2) is 48.8 Å². The summed E-state index contributed by atoms with van der Waals surface area (Å²) in [5.41, 5.74) is 3.39. The first-order valence-electron chi connectivity index (χ1n) is 11.7. The summed E-state index contributed by atoms with van der Waals surface area (Å²) in [5.74, 6) is 0.101. The lowest BCUT2D eigenvalue weighted by atomic mass is 9.87. The Morgan fingerprint density at radius 3 is 2.50 bits per heavy atom. The number of pyridine rings is 1. The standard InChI is InChI=1S/C26H35N3O/c1-20-10-8-11-21(2)28(20)16-6-3-7-17-29-25-14-5-4-12-22(25)18-24(26(29)30)23-13-9-15-27-19-23/h4-5,9,12-15,19-21,24H,3,6-8,10-11,16-18H2,1-2H3/t20-,21+,24?. The lowest BCUT2D eigenvalue weighted by Crippen LogP contribution is -2.44. The highest BCUT2D eigenvalue weighted by atomic mass is 16.2. The number of carbonyl (C=O) groups is 1. The Morgan fingerprint density at radius 2 is 1.73 bits per heavy atom. The molecule has 2 aromatic rings. The average molecular weight is 406 g/mol. The molecular formula is C26H35N3O. The minimum atomic E-state index is -0.122. The molecule has 1 saturated heterocycles. The number of aromatic nitrogens is 1. The van der Waals surface area contributed by atoms with Crippen molar-refractivity contribution in [3.63, 3.8) is 0 Å². The number of nitrogens with zero attached hydrogens (tertiary/aromatic N) is 3. The van der Waals surface area contributed by atoms with Crippen molar-refractivity contribution >= 4 is 11.6 Å². The van der Waals surface area contributed by atoms with Gasteiger partial charge in [-0.25, -0.2) is 0 Å². The molecule has 30 heavy (non-hydrogen) atoms. The molecule has 1 unspecified atom stereocenters. The zero-order valence-corrected chi connectivity index (χ0v) is 18.5. The van der Waals surface area contributed by atoms with Gasteiger partial charge in [0.2, 0.25) is 5.91 Å². The quantitative estimate of drug-likeness (QED) is 0.595. The molecule has 3 heterocycles. The summed E-state index contributed by atoms with van der Waals surface area (Å²) in [4.78, 5) is 22.3. The van der Waals surface area contributed by atoms with Crippen molar-refractivity contribution < 1.29 is 4.79 Å². The number of hydrogen-bond donors (Lipinski definition) is 0. The van der Waals surface area contributed by atoms with Crippen LogP contribution in [0.1, 0.15) is 69.4 Å². The number of rotatable bonds is 7. The summed E-state index contributed by atoms with van der Waals surface area (Å²) in [6, 6.07) is 13.8. The number of amides is 1. The van der Waals surface area contributed by atoms with Gasteiger partial charge in [0.05, 0.1) is 5.92 Å². The second-order valence-electron chi connectivity index (χ2n) is 9.09. The molecule has 0 N–H and O–H groups in total. The molecule has 4 rings (SSSR count). The predicted octanol–water partition coefficient (Wildman–Crippen LogP) is 5.19. The van der Waals surface area contributed by atoms with Crippen molar-refractivity contribution in [3.8, 4) is 0 Å². The van der Waals surface area contributed by atoms with Crippen LogP contribution in [0.2, 0.25) is 0 Å². The number of unbranched alkanes of at least 4 members (excludes halogenated alkanes) is 2. The maximum absolute atomic E-state index is 13.4. The van der Waals surface area contributed by atoms with Crippen LogP contribution in [-0.2, 0) is 11.2 Å². The second-order valence-corrected chi connectivity index (χ2v) is 9.09. The number of likely N-dealkylation sites (tertiary alicyclic amines) is 1. The fraction of sp³-hybridized carbons (Fsp3) is 0.538. The molecule has 0 aliphatic carbocycles. The molecule has 0 bridgehead atoms. The van der Waals surface area contributed by atoms with E-state index < -0.39 is 0 Å². The Labute approximate surface area is 181 Å². The molecule has 4 heteroatoms. The molecule has 0 radical (unpaired) electrons. The van der Waals surface area contributed by atoms with Crippen LogP contribution in [0.3, 0.4) is 0 Å². The van der Waals surface area contributed by atoms with Gasteiger partial charge in [0.1, 0.15) is 0 Å². The van der Waals surface area contributed by atoms with Crippen LogP contribution >= 0.6 is 0 Å².